The van der Waals surface area contributed by atoms with Crippen LogP contribution in [-0.4, -0.2) is 29.9 Å². The van der Waals surface area contributed by atoms with E-state index in [0.29, 0.717) is 0 Å². The fourth-order valence-electron chi connectivity index (χ4n) is 3.15. The first-order valence-corrected chi connectivity index (χ1v) is 8.19. The predicted octanol–water partition coefficient (Wildman–Crippen LogP) is 3.87. The second-order valence-corrected chi connectivity index (χ2v) is 5.65. The Hall–Kier alpha value is -2.82. The maximum Gasteiger partial charge on any atom is 0.231 e. The molecule has 1 aromatic carbocycles. The van der Waals surface area contributed by atoms with Crippen molar-refractivity contribution in [1.29, 1.82) is 0 Å². The van der Waals surface area contributed by atoms with Crippen LogP contribution in [0.5, 0.6) is 11.5 Å². The van der Waals surface area contributed by atoms with Gasteiger partial charge in [0.1, 0.15) is 5.82 Å². The van der Waals surface area contributed by atoms with Crippen LogP contribution < -0.4 is 14.4 Å². The maximum atomic E-state index is 5.58. The molecule has 4 rings (SSSR count). The predicted molar refractivity (Wildman–Crippen MR) is 94.7 cm³/mol. The molecule has 3 aromatic rings. The van der Waals surface area contributed by atoms with Crippen LogP contribution in [0.4, 0.5) is 5.82 Å². The number of nitrogens with zero attached hydrogens (tertiary/aromatic N) is 3. The van der Waals surface area contributed by atoms with Crippen molar-refractivity contribution in [2.24, 2.45) is 0 Å². The first-order chi connectivity index (χ1) is 11.8. The van der Waals surface area contributed by atoms with Crippen molar-refractivity contribution in [3.8, 4) is 22.6 Å². The van der Waals surface area contributed by atoms with Gasteiger partial charge in [-0.15, -0.1) is 0 Å². The lowest BCUT2D eigenvalue weighted by molar-refractivity contribution is 0.174. The normalized spacial score (nSPS) is 12.6. The fraction of sp³-hybridized carbons (Fsp3) is 0.263. The average Bonchev–Trinajstić information content (AvgIpc) is 3.09. The zero-order chi connectivity index (χ0) is 16.5. The van der Waals surface area contributed by atoms with Crippen molar-refractivity contribution in [3.63, 3.8) is 0 Å². The summed E-state index contributed by atoms with van der Waals surface area (Å²) in [5.41, 5.74) is 2.16. The molecule has 0 saturated carbocycles. The molecule has 0 bridgehead atoms. The highest BCUT2D eigenvalue weighted by molar-refractivity contribution is 6.03. The van der Waals surface area contributed by atoms with Crippen molar-refractivity contribution in [2.45, 2.75) is 13.8 Å². The van der Waals surface area contributed by atoms with Crippen LogP contribution in [0, 0.1) is 0 Å². The SMILES string of the molecule is CCN(CC)c1ncc(-c2ccncc2)c2cc3c(cc12)OCO3. The number of hydrogen-bond donors (Lipinski definition) is 0. The van der Waals surface area contributed by atoms with Crippen molar-refractivity contribution in [1.82, 2.24) is 9.97 Å². The zero-order valence-corrected chi connectivity index (χ0v) is 13.8. The molecule has 0 N–H and O–H groups in total. The summed E-state index contributed by atoms with van der Waals surface area (Å²) in [6.45, 7) is 6.36. The van der Waals surface area contributed by atoms with E-state index in [1.807, 2.05) is 24.4 Å². The van der Waals surface area contributed by atoms with Gasteiger partial charge in [-0.1, -0.05) is 0 Å². The number of anilines is 1. The molecule has 1 aliphatic heterocycles. The minimum atomic E-state index is 0.268. The third-order valence-electron chi connectivity index (χ3n) is 4.41. The van der Waals surface area contributed by atoms with E-state index in [-0.39, 0.29) is 6.79 Å². The lowest BCUT2D eigenvalue weighted by Gasteiger charge is -2.22. The molecule has 24 heavy (non-hydrogen) atoms. The van der Waals surface area contributed by atoms with E-state index < -0.39 is 0 Å². The van der Waals surface area contributed by atoms with Crippen LogP contribution in [0.3, 0.4) is 0 Å². The topological polar surface area (TPSA) is 47.5 Å². The Bertz CT molecular complexity index is 877. The minimum Gasteiger partial charge on any atom is -0.454 e. The molecular formula is C19H19N3O2. The van der Waals surface area contributed by atoms with Gasteiger partial charge in [0.2, 0.25) is 6.79 Å². The van der Waals surface area contributed by atoms with Gasteiger partial charge in [0.15, 0.2) is 11.5 Å². The number of ether oxygens (including phenoxy) is 2. The second-order valence-electron chi connectivity index (χ2n) is 5.65. The van der Waals surface area contributed by atoms with E-state index in [4.69, 9.17) is 14.5 Å². The Balaban J connectivity index is 2.01. The summed E-state index contributed by atoms with van der Waals surface area (Å²) in [7, 11) is 0. The van der Waals surface area contributed by atoms with Gasteiger partial charge in [-0.05, 0) is 49.1 Å². The Morgan fingerprint density at radius 2 is 1.67 bits per heavy atom. The van der Waals surface area contributed by atoms with Gasteiger partial charge in [-0.25, -0.2) is 4.98 Å². The molecule has 0 atom stereocenters. The lowest BCUT2D eigenvalue weighted by Crippen LogP contribution is -2.23. The van der Waals surface area contributed by atoms with Crippen LogP contribution in [0.1, 0.15) is 13.8 Å². The fourth-order valence-corrected chi connectivity index (χ4v) is 3.15. The molecule has 5 heteroatoms. The van der Waals surface area contributed by atoms with E-state index in [0.717, 1.165) is 52.3 Å². The van der Waals surface area contributed by atoms with E-state index in [9.17, 15) is 0 Å². The largest absolute Gasteiger partial charge is 0.454 e. The monoisotopic (exact) mass is 321 g/mol. The molecular weight excluding hydrogens is 302 g/mol. The van der Waals surface area contributed by atoms with E-state index in [2.05, 4.69) is 29.8 Å². The quantitative estimate of drug-likeness (QED) is 0.730. The second kappa shape index (κ2) is 6.00. The number of fused-ring (bicyclic) bond motifs is 2. The van der Waals surface area contributed by atoms with Crippen LogP contribution in [0.2, 0.25) is 0 Å². The van der Waals surface area contributed by atoms with Gasteiger partial charge in [0.05, 0.1) is 0 Å². The van der Waals surface area contributed by atoms with Gasteiger partial charge in [0.25, 0.3) is 0 Å². The Kier molecular flexibility index (Phi) is 3.69. The molecule has 0 aliphatic carbocycles. The molecule has 0 spiro atoms. The van der Waals surface area contributed by atoms with Crippen LogP contribution in [0.25, 0.3) is 21.9 Å². The van der Waals surface area contributed by atoms with Crippen LogP contribution >= 0.6 is 0 Å². The van der Waals surface area contributed by atoms with E-state index >= 15 is 0 Å². The molecule has 5 nitrogen and oxygen atoms in total. The van der Waals surface area contributed by atoms with Gasteiger partial charge in [0, 0.05) is 42.6 Å². The number of rotatable bonds is 4. The first-order valence-electron chi connectivity index (χ1n) is 8.19. The Morgan fingerprint density at radius 1 is 1.00 bits per heavy atom. The number of hydrogen-bond acceptors (Lipinski definition) is 5. The number of pyridine rings is 2. The van der Waals surface area contributed by atoms with Crippen molar-refractivity contribution < 1.29 is 9.47 Å². The molecule has 0 fully saturated rings. The number of benzene rings is 1. The van der Waals surface area contributed by atoms with Gasteiger partial charge < -0.3 is 14.4 Å². The highest BCUT2D eigenvalue weighted by Crippen LogP contribution is 2.42. The molecule has 3 heterocycles. The van der Waals surface area contributed by atoms with Gasteiger partial charge >= 0.3 is 0 Å². The van der Waals surface area contributed by atoms with E-state index in [1.54, 1.807) is 12.4 Å². The summed E-state index contributed by atoms with van der Waals surface area (Å²) in [5, 5.41) is 2.19. The standard InChI is InChI=1S/C19H19N3O2/c1-3-22(4-2)19-15-10-18-17(23-12-24-18)9-14(15)16(11-21-19)13-5-7-20-8-6-13/h5-11H,3-4,12H2,1-2H3. The summed E-state index contributed by atoms with van der Waals surface area (Å²) in [5.74, 6) is 2.55. The zero-order valence-electron chi connectivity index (χ0n) is 13.8. The summed E-state index contributed by atoms with van der Waals surface area (Å²) >= 11 is 0. The summed E-state index contributed by atoms with van der Waals surface area (Å²) < 4.78 is 11.2. The Labute approximate surface area is 140 Å². The average molecular weight is 321 g/mol. The lowest BCUT2D eigenvalue weighted by atomic mass is 10.0. The highest BCUT2D eigenvalue weighted by Gasteiger charge is 2.20. The summed E-state index contributed by atoms with van der Waals surface area (Å²) in [6, 6.07) is 8.10. The van der Waals surface area contributed by atoms with Gasteiger partial charge in [-0.2, -0.15) is 0 Å². The molecule has 2 aromatic heterocycles. The first kappa shape index (κ1) is 14.8. The number of aromatic nitrogens is 2. The third kappa shape index (κ3) is 2.33. The molecule has 0 radical (unpaired) electrons. The molecule has 0 amide bonds. The molecule has 0 unspecified atom stereocenters. The minimum absolute atomic E-state index is 0.268. The maximum absolute atomic E-state index is 5.58. The smallest absolute Gasteiger partial charge is 0.231 e. The summed E-state index contributed by atoms with van der Waals surface area (Å²) in [4.78, 5) is 11.1. The summed E-state index contributed by atoms with van der Waals surface area (Å²) in [6.07, 6.45) is 5.53. The molecule has 0 saturated heterocycles. The van der Waals surface area contributed by atoms with E-state index in [1.165, 1.54) is 0 Å². The molecule has 1 aliphatic rings. The van der Waals surface area contributed by atoms with Gasteiger partial charge in [-0.3, -0.25) is 4.98 Å². The van der Waals surface area contributed by atoms with Crippen molar-refractivity contribution in [3.05, 3.63) is 42.9 Å². The third-order valence-corrected chi connectivity index (χ3v) is 4.41. The van der Waals surface area contributed by atoms with Crippen molar-refractivity contribution >= 4 is 16.6 Å². The van der Waals surface area contributed by atoms with Crippen LogP contribution in [-0.2, 0) is 0 Å². The Morgan fingerprint density at radius 3 is 2.33 bits per heavy atom. The molecule has 122 valence electrons. The highest BCUT2D eigenvalue weighted by atomic mass is 16.7. The van der Waals surface area contributed by atoms with Crippen molar-refractivity contribution in [2.75, 3.05) is 24.8 Å². The van der Waals surface area contributed by atoms with Crippen LogP contribution in [0.15, 0.2) is 42.9 Å².